The fraction of sp³-hybridized carbons (Fsp3) is 0.375. The average molecular weight is 283 g/mol. The Morgan fingerprint density at radius 2 is 2.10 bits per heavy atom. The van der Waals surface area contributed by atoms with Crippen molar-refractivity contribution in [2.75, 3.05) is 6.54 Å². The van der Waals surface area contributed by atoms with Crippen molar-refractivity contribution in [2.45, 2.75) is 31.3 Å². The van der Waals surface area contributed by atoms with E-state index in [0.717, 1.165) is 29.3 Å². The highest BCUT2D eigenvalue weighted by molar-refractivity contribution is 5.98. The van der Waals surface area contributed by atoms with Crippen LogP contribution in [0.3, 0.4) is 0 Å². The number of nitrogens with one attached hydrogen (secondary N) is 2. The number of benzene rings is 1. The van der Waals surface area contributed by atoms with Crippen LogP contribution in [-0.2, 0) is 16.0 Å². The minimum absolute atomic E-state index is 0.00283. The molecule has 0 radical (unpaired) electrons. The molecule has 0 unspecified atom stereocenters. The number of piperazine rings is 1. The van der Waals surface area contributed by atoms with E-state index in [2.05, 4.69) is 10.3 Å². The molecule has 2 fully saturated rings. The van der Waals surface area contributed by atoms with Crippen LogP contribution in [0.1, 0.15) is 18.4 Å². The Labute approximate surface area is 122 Å². The number of para-hydroxylation sites is 1. The summed E-state index contributed by atoms with van der Waals surface area (Å²) in [7, 11) is 0. The third-order valence-corrected chi connectivity index (χ3v) is 4.55. The third-order valence-electron chi connectivity index (χ3n) is 4.55. The first-order valence-electron chi connectivity index (χ1n) is 7.40. The molecule has 108 valence electrons. The van der Waals surface area contributed by atoms with E-state index in [4.69, 9.17) is 0 Å². The van der Waals surface area contributed by atoms with Crippen molar-refractivity contribution >= 4 is 22.7 Å². The molecule has 3 heterocycles. The molecule has 2 aliphatic heterocycles. The predicted octanol–water partition coefficient (Wildman–Crippen LogP) is 1.20. The van der Waals surface area contributed by atoms with Crippen LogP contribution in [0.4, 0.5) is 0 Å². The van der Waals surface area contributed by atoms with E-state index in [-0.39, 0.29) is 17.9 Å². The van der Waals surface area contributed by atoms with Crippen LogP contribution in [0.15, 0.2) is 30.5 Å². The molecule has 1 aromatic carbocycles. The lowest BCUT2D eigenvalue weighted by atomic mass is 10.0. The molecule has 0 saturated carbocycles. The molecule has 0 bridgehead atoms. The van der Waals surface area contributed by atoms with Gasteiger partial charge in [-0.15, -0.1) is 0 Å². The van der Waals surface area contributed by atoms with Gasteiger partial charge in [0.25, 0.3) is 0 Å². The van der Waals surface area contributed by atoms with E-state index in [9.17, 15) is 9.59 Å². The largest absolute Gasteiger partial charge is 0.361 e. The maximum Gasteiger partial charge on any atom is 0.246 e. The number of H-pyrrole nitrogens is 1. The van der Waals surface area contributed by atoms with Crippen LogP contribution >= 0.6 is 0 Å². The predicted molar refractivity (Wildman–Crippen MR) is 78.7 cm³/mol. The van der Waals surface area contributed by atoms with Crippen molar-refractivity contribution in [1.82, 2.24) is 15.2 Å². The molecular weight excluding hydrogens is 266 g/mol. The molecule has 0 aliphatic carbocycles. The number of rotatable bonds is 2. The van der Waals surface area contributed by atoms with E-state index < -0.39 is 6.04 Å². The van der Waals surface area contributed by atoms with Crippen LogP contribution in [-0.4, -0.2) is 40.3 Å². The Balaban J connectivity index is 1.62. The number of aromatic nitrogens is 1. The zero-order valence-corrected chi connectivity index (χ0v) is 11.6. The second-order valence-corrected chi connectivity index (χ2v) is 5.81. The summed E-state index contributed by atoms with van der Waals surface area (Å²) in [6.45, 7) is 0.710. The summed E-state index contributed by atoms with van der Waals surface area (Å²) in [5, 5.41) is 4.01. The average Bonchev–Trinajstić information content (AvgIpc) is 3.12. The van der Waals surface area contributed by atoms with E-state index in [1.165, 1.54) is 0 Å². The second-order valence-electron chi connectivity index (χ2n) is 5.81. The minimum Gasteiger partial charge on any atom is -0.361 e. The summed E-state index contributed by atoms with van der Waals surface area (Å²) in [5.41, 5.74) is 2.13. The van der Waals surface area contributed by atoms with Crippen molar-refractivity contribution in [3.05, 3.63) is 36.0 Å². The van der Waals surface area contributed by atoms with E-state index in [1.54, 1.807) is 4.90 Å². The topological polar surface area (TPSA) is 65.2 Å². The Bertz CT molecular complexity index is 721. The van der Waals surface area contributed by atoms with Gasteiger partial charge in [0.2, 0.25) is 11.8 Å². The Hall–Kier alpha value is -2.30. The highest BCUT2D eigenvalue weighted by Crippen LogP contribution is 2.25. The molecular formula is C16H17N3O2. The highest BCUT2D eigenvalue weighted by atomic mass is 16.2. The zero-order valence-electron chi connectivity index (χ0n) is 11.6. The number of carbonyl (C=O) groups excluding carboxylic acids is 2. The van der Waals surface area contributed by atoms with Gasteiger partial charge in [-0.05, 0) is 24.5 Å². The molecule has 2 aliphatic rings. The van der Waals surface area contributed by atoms with Crippen molar-refractivity contribution in [1.29, 1.82) is 0 Å². The van der Waals surface area contributed by atoms with E-state index >= 15 is 0 Å². The summed E-state index contributed by atoms with van der Waals surface area (Å²) in [6.07, 6.45) is 4.18. The standard InChI is InChI=1S/C16H17N3O2/c20-15-14-6-3-7-19(14)16(21)13(18-15)8-10-9-17-12-5-2-1-4-11(10)12/h1-2,4-5,9,13-14,17H,3,6-8H2,(H,18,20)/t13-,14+/m1/s1. The van der Waals surface area contributed by atoms with Gasteiger partial charge < -0.3 is 15.2 Å². The molecule has 2 saturated heterocycles. The van der Waals surface area contributed by atoms with Crippen molar-refractivity contribution in [2.24, 2.45) is 0 Å². The minimum atomic E-state index is -0.439. The summed E-state index contributed by atoms with van der Waals surface area (Å²) in [6, 6.07) is 7.33. The van der Waals surface area contributed by atoms with Crippen molar-refractivity contribution in [3.63, 3.8) is 0 Å². The normalized spacial score (nSPS) is 25.2. The van der Waals surface area contributed by atoms with Gasteiger partial charge in [-0.25, -0.2) is 0 Å². The summed E-state index contributed by atoms with van der Waals surface area (Å²) in [4.78, 5) is 29.6. The first kappa shape index (κ1) is 12.4. The molecule has 2 amide bonds. The maximum atomic E-state index is 12.5. The van der Waals surface area contributed by atoms with Crippen LogP contribution in [0.2, 0.25) is 0 Å². The van der Waals surface area contributed by atoms with E-state index in [0.29, 0.717) is 13.0 Å². The number of nitrogens with zero attached hydrogens (tertiary/aromatic N) is 1. The Morgan fingerprint density at radius 1 is 1.24 bits per heavy atom. The Kier molecular flexibility index (Phi) is 2.74. The first-order chi connectivity index (χ1) is 10.2. The van der Waals surface area contributed by atoms with Gasteiger partial charge in [-0.3, -0.25) is 9.59 Å². The molecule has 5 heteroatoms. The van der Waals surface area contributed by atoms with Gasteiger partial charge in [0, 0.05) is 30.1 Å². The molecule has 2 aromatic rings. The lowest BCUT2D eigenvalue weighted by molar-refractivity contribution is -0.146. The van der Waals surface area contributed by atoms with Crippen LogP contribution in [0, 0.1) is 0 Å². The summed E-state index contributed by atoms with van der Waals surface area (Å²) >= 11 is 0. The molecule has 2 N–H and O–H groups in total. The number of amides is 2. The van der Waals surface area contributed by atoms with E-state index in [1.807, 2.05) is 30.5 Å². The van der Waals surface area contributed by atoms with Gasteiger partial charge in [-0.2, -0.15) is 0 Å². The van der Waals surface area contributed by atoms with Gasteiger partial charge in [0.15, 0.2) is 0 Å². The molecule has 1 aromatic heterocycles. The molecule has 5 nitrogen and oxygen atoms in total. The van der Waals surface area contributed by atoms with Gasteiger partial charge in [0.05, 0.1) is 0 Å². The van der Waals surface area contributed by atoms with Gasteiger partial charge in [-0.1, -0.05) is 18.2 Å². The van der Waals surface area contributed by atoms with Crippen LogP contribution in [0.25, 0.3) is 10.9 Å². The summed E-state index contributed by atoms with van der Waals surface area (Å²) < 4.78 is 0. The smallest absolute Gasteiger partial charge is 0.246 e. The number of hydrogen-bond donors (Lipinski definition) is 2. The van der Waals surface area contributed by atoms with Gasteiger partial charge in [0.1, 0.15) is 12.1 Å². The number of aromatic amines is 1. The number of hydrogen-bond acceptors (Lipinski definition) is 2. The SMILES string of the molecule is O=C1N[C@H](Cc2c[nH]c3ccccc23)C(=O)N2CCC[C@@H]12. The molecule has 0 spiro atoms. The fourth-order valence-corrected chi connectivity index (χ4v) is 3.49. The lowest BCUT2D eigenvalue weighted by Crippen LogP contribution is -2.61. The zero-order chi connectivity index (χ0) is 14.4. The third kappa shape index (κ3) is 1.92. The van der Waals surface area contributed by atoms with Crippen LogP contribution in [0.5, 0.6) is 0 Å². The van der Waals surface area contributed by atoms with Crippen molar-refractivity contribution in [3.8, 4) is 0 Å². The highest BCUT2D eigenvalue weighted by Gasteiger charge is 2.42. The van der Waals surface area contributed by atoms with Gasteiger partial charge >= 0.3 is 0 Å². The van der Waals surface area contributed by atoms with Crippen molar-refractivity contribution < 1.29 is 9.59 Å². The molecule has 2 atom stereocenters. The number of fused-ring (bicyclic) bond motifs is 2. The molecule has 4 rings (SSSR count). The fourth-order valence-electron chi connectivity index (χ4n) is 3.49. The summed E-state index contributed by atoms with van der Waals surface area (Å²) in [5.74, 6) is 0.0549. The first-order valence-corrected chi connectivity index (χ1v) is 7.40. The van der Waals surface area contributed by atoms with Crippen LogP contribution < -0.4 is 5.32 Å². The Morgan fingerprint density at radius 3 is 3.00 bits per heavy atom. The quantitative estimate of drug-likeness (QED) is 0.870. The monoisotopic (exact) mass is 283 g/mol. The molecule has 21 heavy (non-hydrogen) atoms. The lowest BCUT2D eigenvalue weighted by Gasteiger charge is -2.34. The number of carbonyl (C=O) groups is 2. The second kappa shape index (κ2) is 4.62. The maximum absolute atomic E-state index is 12.5.